The Morgan fingerprint density at radius 2 is 1.76 bits per heavy atom. The molecule has 0 radical (unpaired) electrons. The summed E-state index contributed by atoms with van der Waals surface area (Å²) in [4.78, 5) is 4.75. The topological polar surface area (TPSA) is 104 Å². The van der Waals surface area contributed by atoms with E-state index < -0.39 is 9.84 Å². The number of nitriles is 1. The second kappa shape index (κ2) is 12.3. The van der Waals surface area contributed by atoms with Gasteiger partial charge in [0.25, 0.3) is 0 Å². The largest absolute Gasteiger partial charge is 0.491 e. The van der Waals surface area contributed by atoms with Gasteiger partial charge in [-0.15, -0.1) is 0 Å². The van der Waals surface area contributed by atoms with Crippen LogP contribution in [0.5, 0.6) is 5.75 Å². The van der Waals surface area contributed by atoms with Crippen LogP contribution in [0.2, 0.25) is 0 Å². The van der Waals surface area contributed by atoms with E-state index in [4.69, 9.17) is 10.00 Å². The Balaban J connectivity index is 2.17. The smallest absolute Gasteiger partial charge is 0.209 e. The Kier molecular flexibility index (Phi) is 9.45. The minimum absolute atomic E-state index is 0.00874. The first-order valence-corrected chi connectivity index (χ1v) is 11.8. The summed E-state index contributed by atoms with van der Waals surface area (Å²) < 4.78 is 31.4. The molecule has 0 saturated carbocycles. The number of benzene rings is 2. The van der Waals surface area contributed by atoms with Gasteiger partial charge in [0, 0.05) is 5.70 Å². The SMILES string of the molecule is C=C/C=C(\C=C/C)NC(=NCc1ccc(S(=O)(=O)c2ccc(OC(C)C)cc2)cc1)NC#N. The van der Waals surface area contributed by atoms with Gasteiger partial charge < -0.3 is 10.1 Å². The molecule has 2 N–H and O–H groups in total. The van der Waals surface area contributed by atoms with E-state index in [0.29, 0.717) is 11.4 Å². The molecule has 0 unspecified atom stereocenters. The zero-order valence-corrected chi connectivity index (χ0v) is 19.8. The predicted octanol–water partition coefficient (Wildman–Crippen LogP) is 4.47. The van der Waals surface area contributed by atoms with Crippen molar-refractivity contribution in [2.75, 3.05) is 0 Å². The molecule has 2 aromatic rings. The normalized spacial score (nSPS) is 12.5. The van der Waals surface area contributed by atoms with Gasteiger partial charge in [0.2, 0.25) is 15.8 Å². The lowest BCUT2D eigenvalue weighted by Gasteiger charge is -2.11. The van der Waals surface area contributed by atoms with E-state index >= 15 is 0 Å². The third kappa shape index (κ3) is 7.66. The monoisotopic (exact) mass is 464 g/mol. The van der Waals surface area contributed by atoms with Crippen molar-refractivity contribution in [2.24, 2.45) is 4.99 Å². The lowest BCUT2D eigenvalue weighted by Crippen LogP contribution is -2.33. The van der Waals surface area contributed by atoms with Crippen LogP contribution < -0.4 is 15.4 Å². The molecule has 0 heterocycles. The van der Waals surface area contributed by atoms with E-state index in [9.17, 15) is 8.42 Å². The Hall–Kier alpha value is -3.83. The number of allylic oxidation sites excluding steroid dienone is 4. The van der Waals surface area contributed by atoms with Gasteiger partial charge in [0.05, 0.1) is 22.4 Å². The van der Waals surface area contributed by atoms with Crippen molar-refractivity contribution in [1.29, 1.82) is 5.26 Å². The van der Waals surface area contributed by atoms with Crippen molar-refractivity contribution in [3.63, 3.8) is 0 Å². The van der Waals surface area contributed by atoms with Crippen LogP contribution in [-0.4, -0.2) is 20.5 Å². The zero-order chi connectivity index (χ0) is 24.3. The molecular formula is C25H28N4O3S. The first-order valence-electron chi connectivity index (χ1n) is 10.3. The molecular weight excluding hydrogens is 436 g/mol. The molecule has 8 heteroatoms. The lowest BCUT2D eigenvalue weighted by atomic mass is 10.2. The van der Waals surface area contributed by atoms with Crippen molar-refractivity contribution in [2.45, 2.75) is 43.2 Å². The maximum Gasteiger partial charge on any atom is 0.209 e. The highest BCUT2D eigenvalue weighted by Gasteiger charge is 2.17. The van der Waals surface area contributed by atoms with E-state index in [-0.39, 0.29) is 28.4 Å². The number of sulfone groups is 1. The average Bonchev–Trinajstić information content (AvgIpc) is 2.78. The molecule has 0 saturated heterocycles. The van der Waals surface area contributed by atoms with Crippen LogP contribution in [0.3, 0.4) is 0 Å². The first kappa shape index (κ1) is 25.4. The van der Waals surface area contributed by atoms with Crippen LogP contribution >= 0.6 is 0 Å². The van der Waals surface area contributed by atoms with E-state index in [1.165, 1.54) is 12.1 Å². The quantitative estimate of drug-likeness (QED) is 0.187. The molecule has 172 valence electrons. The Bertz CT molecular complexity index is 1170. The number of rotatable bonds is 9. The van der Waals surface area contributed by atoms with Gasteiger partial charge in [-0.1, -0.05) is 30.9 Å². The van der Waals surface area contributed by atoms with Crippen LogP contribution in [-0.2, 0) is 16.4 Å². The summed E-state index contributed by atoms with van der Waals surface area (Å²) in [5.41, 5.74) is 1.49. The molecule has 2 aromatic carbocycles. The van der Waals surface area contributed by atoms with E-state index in [2.05, 4.69) is 22.2 Å². The summed E-state index contributed by atoms with van der Waals surface area (Å²) >= 11 is 0. The van der Waals surface area contributed by atoms with Gasteiger partial charge in [-0.2, -0.15) is 5.26 Å². The molecule has 0 atom stereocenters. The van der Waals surface area contributed by atoms with Crippen molar-refractivity contribution >= 4 is 15.8 Å². The Morgan fingerprint density at radius 1 is 1.15 bits per heavy atom. The fraction of sp³-hybridized carbons (Fsp3) is 0.200. The lowest BCUT2D eigenvalue weighted by molar-refractivity contribution is 0.242. The molecule has 0 aromatic heterocycles. The fourth-order valence-corrected chi connectivity index (χ4v) is 4.06. The standard InChI is InChI=1S/C25H28N4O3S/c1-5-7-21(8-6-2)29-25(28-18-26)27-17-20-9-13-23(14-10-20)33(30,31)24-15-11-22(12-16-24)32-19(3)4/h5-16,19H,1,17H2,2-4H3,(H2,27,28,29)/b8-6-,21-7+. The van der Waals surface area contributed by atoms with Crippen LogP contribution in [0.1, 0.15) is 26.3 Å². The van der Waals surface area contributed by atoms with Crippen molar-refractivity contribution in [1.82, 2.24) is 10.6 Å². The summed E-state index contributed by atoms with van der Waals surface area (Å²) in [6.45, 7) is 9.60. The van der Waals surface area contributed by atoms with Crippen molar-refractivity contribution in [3.05, 3.63) is 90.7 Å². The van der Waals surface area contributed by atoms with Gasteiger partial charge >= 0.3 is 0 Å². The summed E-state index contributed by atoms with van der Waals surface area (Å²) in [5, 5.41) is 14.5. The molecule has 0 aliphatic rings. The van der Waals surface area contributed by atoms with Crippen molar-refractivity contribution in [3.8, 4) is 11.9 Å². The van der Waals surface area contributed by atoms with Crippen molar-refractivity contribution < 1.29 is 13.2 Å². The average molecular weight is 465 g/mol. The Labute approximate surface area is 195 Å². The molecule has 0 amide bonds. The molecule has 33 heavy (non-hydrogen) atoms. The van der Waals surface area contributed by atoms with Gasteiger partial charge in [-0.25, -0.2) is 13.4 Å². The van der Waals surface area contributed by atoms with Crippen LogP contribution in [0, 0.1) is 11.5 Å². The van der Waals surface area contributed by atoms with Gasteiger partial charge in [-0.3, -0.25) is 5.32 Å². The molecule has 2 rings (SSSR count). The number of nitrogens with one attached hydrogen (secondary N) is 2. The highest BCUT2D eigenvalue weighted by atomic mass is 32.2. The van der Waals surface area contributed by atoms with E-state index in [1.807, 2.05) is 39.1 Å². The number of aliphatic imine (C=N–C) groups is 1. The predicted molar refractivity (Wildman–Crippen MR) is 130 cm³/mol. The number of ether oxygens (including phenoxy) is 1. The highest BCUT2D eigenvalue weighted by molar-refractivity contribution is 7.91. The van der Waals surface area contributed by atoms with Gasteiger partial charge in [-0.05, 0) is 74.9 Å². The molecule has 7 nitrogen and oxygen atoms in total. The van der Waals surface area contributed by atoms with Gasteiger partial charge in [0.15, 0.2) is 6.19 Å². The number of nitrogens with zero attached hydrogens (tertiary/aromatic N) is 2. The second-order valence-corrected chi connectivity index (χ2v) is 9.12. The third-order valence-electron chi connectivity index (χ3n) is 4.24. The number of guanidine groups is 1. The first-order chi connectivity index (χ1) is 15.8. The van der Waals surface area contributed by atoms with Crippen LogP contribution in [0.4, 0.5) is 0 Å². The molecule has 0 bridgehead atoms. The minimum Gasteiger partial charge on any atom is -0.491 e. The summed E-state index contributed by atoms with van der Waals surface area (Å²) in [7, 11) is -3.65. The maximum atomic E-state index is 12.9. The molecule has 0 aliphatic carbocycles. The number of hydrogen-bond donors (Lipinski definition) is 2. The maximum absolute atomic E-state index is 12.9. The van der Waals surface area contributed by atoms with Crippen LogP contribution in [0.25, 0.3) is 0 Å². The fourth-order valence-electron chi connectivity index (χ4n) is 2.80. The van der Waals surface area contributed by atoms with Gasteiger partial charge in [0.1, 0.15) is 5.75 Å². The summed E-state index contributed by atoms with van der Waals surface area (Å²) in [6.07, 6.45) is 8.88. The van der Waals surface area contributed by atoms with Crippen LogP contribution in [0.15, 0.2) is 99.9 Å². The molecule has 0 aliphatic heterocycles. The Morgan fingerprint density at radius 3 is 2.27 bits per heavy atom. The zero-order valence-electron chi connectivity index (χ0n) is 18.9. The highest BCUT2D eigenvalue weighted by Crippen LogP contribution is 2.24. The number of hydrogen-bond acceptors (Lipinski definition) is 5. The third-order valence-corrected chi connectivity index (χ3v) is 6.03. The molecule has 0 fully saturated rings. The second-order valence-electron chi connectivity index (χ2n) is 7.17. The van der Waals surface area contributed by atoms with E-state index in [1.54, 1.807) is 48.6 Å². The summed E-state index contributed by atoms with van der Waals surface area (Å²) in [5.74, 6) is 0.886. The van der Waals surface area contributed by atoms with E-state index in [0.717, 1.165) is 5.56 Å². The summed E-state index contributed by atoms with van der Waals surface area (Å²) in [6, 6.07) is 12.9. The minimum atomic E-state index is -3.65. The molecule has 0 spiro atoms.